The molecule has 2 heterocycles. The van der Waals surface area contributed by atoms with Gasteiger partial charge in [-0.05, 0) is 12.1 Å². The van der Waals surface area contributed by atoms with E-state index in [1.54, 1.807) is 6.07 Å². The van der Waals surface area contributed by atoms with Gasteiger partial charge in [-0.25, -0.2) is 4.98 Å². The summed E-state index contributed by atoms with van der Waals surface area (Å²) in [4.78, 5) is 15.9. The predicted octanol–water partition coefficient (Wildman–Crippen LogP) is 0.443. The van der Waals surface area contributed by atoms with Crippen molar-refractivity contribution in [2.45, 2.75) is 0 Å². The van der Waals surface area contributed by atoms with Crippen LogP contribution in [0, 0.1) is 5.95 Å². The Labute approximate surface area is 87.1 Å². The maximum absolute atomic E-state index is 13.5. The summed E-state index contributed by atoms with van der Waals surface area (Å²) in [7, 11) is 0. The van der Waals surface area contributed by atoms with Crippen LogP contribution in [0.2, 0.25) is 0 Å². The van der Waals surface area contributed by atoms with Gasteiger partial charge in [0.2, 0.25) is 5.95 Å². The quantitative estimate of drug-likeness (QED) is 0.567. The van der Waals surface area contributed by atoms with Crippen molar-refractivity contribution >= 4 is 12.0 Å². The maximum atomic E-state index is 13.5. The van der Waals surface area contributed by atoms with E-state index in [-0.39, 0.29) is 5.69 Å². The van der Waals surface area contributed by atoms with Crippen molar-refractivity contribution < 1.29 is 9.18 Å². The van der Waals surface area contributed by atoms with E-state index in [1.807, 2.05) is 4.90 Å². The lowest BCUT2D eigenvalue weighted by Crippen LogP contribution is -2.44. The lowest BCUT2D eigenvalue weighted by molar-refractivity contribution is 0.111. The van der Waals surface area contributed by atoms with Crippen LogP contribution in [0.5, 0.6) is 0 Å². The van der Waals surface area contributed by atoms with Crippen molar-refractivity contribution in [2.24, 2.45) is 0 Å². The minimum absolute atomic E-state index is 0.131. The number of pyridine rings is 1. The summed E-state index contributed by atoms with van der Waals surface area (Å²) in [5.41, 5.74) is 0.605. The van der Waals surface area contributed by atoms with Gasteiger partial charge in [-0.15, -0.1) is 0 Å². The molecule has 1 N–H and O–H groups in total. The number of aromatic nitrogens is 1. The molecule has 80 valence electrons. The number of rotatable bonds is 2. The van der Waals surface area contributed by atoms with E-state index in [0.29, 0.717) is 12.0 Å². The summed E-state index contributed by atoms with van der Waals surface area (Å²) in [6, 6.07) is 3.14. The summed E-state index contributed by atoms with van der Waals surface area (Å²) in [5.74, 6) is -0.568. The van der Waals surface area contributed by atoms with Gasteiger partial charge in [0.15, 0.2) is 6.29 Å². The average Bonchev–Trinajstić information content (AvgIpc) is 2.30. The number of carbonyl (C=O) groups excluding carboxylic acids is 1. The Morgan fingerprint density at radius 3 is 2.73 bits per heavy atom. The summed E-state index contributed by atoms with van der Waals surface area (Å²) in [5, 5.41) is 3.19. The molecule has 0 amide bonds. The molecule has 0 spiro atoms. The molecule has 0 aliphatic carbocycles. The molecule has 1 aromatic heterocycles. The highest BCUT2D eigenvalue weighted by atomic mass is 19.1. The van der Waals surface area contributed by atoms with Crippen molar-refractivity contribution in [2.75, 3.05) is 31.1 Å². The Morgan fingerprint density at radius 2 is 2.13 bits per heavy atom. The van der Waals surface area contributed by atoms with Crippen LogP contribution in [0.25, 0.3) is 0 Å². The Bertz CT molecular complexity index is 364. The Kier molecular flexibility index (Phi) is 2.91. The molecule has 0 bridgehead atoms. The van der Waals surface area contributed by atoms with Gasteiger partial charge < -0.3 is 10.2 Å². The van der Waals surface area contributed by atoms with Crippen LogP contribution in [0.1, 0.15) is 10.5 Å². The van der Waals surface area contributed by atoms with E-state index in [2.05, 4.69) is 10.3 Å². The van der Waals surface area contributed by atoms with Crippen molar-refractivity contribution in [3.63, 3.8) is 0 Å². The fourth-order valence-corrected chi connectivity index (χ4v) is 1.65. The van der Waals surface area contributed by atoms with E-state index in [1.165, 1.54) is 6.07 Å². The van der Waals surface area contributed by atoms with Gasteiger partial charge >= 0.3 is 0 Å². The van der Waals surface area contributed by atoms with E-state index in [0.717, 1.165) is 26.2 Å². The zero-order valence-corrected chi connectivity index (χ0v) is 8.24. The van der Waals surface area contributed by atoms with Gasteiger partial charge in [-0.2, -0.15) is 4.39 Å². The van der Waals surface area contributed by atoms with Crippen LogP contribution in [0.4, 0.5) is 10.1 Å². The Balaban J connectivity index is 2.23. The third kappa shape index (κ3) is 2.12. The van der Waals surface area contributed by atoms with Crippen LogP contribution in [-0.2, 0) is 0 Å². The third-order valence-corrected chi connectivity index (χ3v) is 2.43. The highest BCUT2D eigenvalue weighted by molar-refractivity contribution is 5.72. The molecule has 0 aromatic carbocycles. The second kappa shape index (κ2) is 4.35. The fourth-order valence-electron chi connectivity index (χ4n) is 1.65. The fraction of sp³-hybridized carbons (Fsp3) is 0.400. The van der Waals surface area contributed by atoms with Crippen LogP contribution in [0.15, 0.2) is 12.1 Å². The molecule has 0 unspecified atom stereocenters. The highest BCUT2D eigenvalue weighted by Gasteiger charge is 2.15. The van der Waals surface area contributed by atoms with Crippen molar-refractivity contribution in [1.82, 2.24) is 10.3 Å². The zero-order valence-electron chi connectivity index (χ0n) is 8.24. The molecule has 1 saturated heterocycles. The summed E-state index contributed by atoms with van der Waals surface area (Å²) >= 11 is 0. The second-order valence-corrected chi connectivity index (χ2v) is 3.40. The molecule has 0 radical (unpaired) electrons. The number of piperazine rings is 1. The van der Waals surface area contributed by atoms with Crippen LogP contribution in [-0.4, -0.2) is 37.4 Å². The first-order chi connectivity index (χ1) is 7.31. The maximum Gasteiger partial charge on any atom is 0.237 e. The molecule has 1 aromatic rings. The number of nitrogens with zero attached hydrogens (tertiary/aromatic N) is 2. The minimum Gasteiger partial charge on any atom is -0.365 e. The zero-order chi connectivity index (χ0) is 10.7. The van der Waals surface area contributed by atoms with Gasteiger partial charge in [0.1, 0.15) is 5.69 Å². The molecule has 0 atom stereocenters. The highest BCUT2D eigenvalue weighted by Crippen LogP contribution is 2.17. The molecule has 4 nitrogen and oxygen atoms in total. The van der Waals surface area contributed by atoms with E-state index in [4.69, 9.17) is 0 Å². The van der Waals surface area contributed by atoms with Gasteiger partial charge in [0.05, 0.1) is 5.69 Å². The lowest BCUT2D eigenvalue weighted by Gasteiger charge is -2.29. The largest absolute Gasteiger partial charge is 0.365 e. The van der Waals surface area contributed by atoms with Crippen LogP contribution < -0.4 is 10.2 Å². The predicted molar refractivity (Wildman–Crippen MR) is 54.7 cm³/mol. The van der Waals surface area contributed by atoms with E-state index >= 15 is 0 Å². The minimum atomic E-state index is -0.568. The Morgan fingerprint density at radius 1 is 1.40 bits per heavy atom. The molecule has 2 rings (SSSR count). The molecule has 0 saturated carbocycles. The average molecular weight is 209 g/mol. The van der Waals surface area contributed by atoms with Crippen LogP contribution >= 0.6 is 0 Å². The van der Waals surface area contributed by atoms with Gasteiger partial charge in [0, 0.05) is 26.2 Å². The third-order valence-electron chi connectivity index (χ3n) is 2.43. The van der Waals surface area contributed by atoms with E-state index < -0.39 is 5.95 Å². The summed E-state index contributed by atoms with van der Waals surface area (Å²) in [6.45, 7) is 3.21. The van der Waals surface area contributed by atoms with Crippen molar-refractivity contribution in [3.05, 3.63) is 23.8 Å². The van der Waals surface area contributed by atoms with E-state index in [9.17, 15) is 9.18 Å². The molecule has 15 heavy (non-hydrogen) atoms. The monoisotopic (exact) mass is 209 g/mol. The summed E-state index contributed by atoms with van der Waals surface area (Å²) < 4.78 is 13.5. The number of anilines is 1. The molecule has 1 fully saturated rings. The summed E-state index contributed by atoms with van der Waals surface area (Å²) in [6.07, 6.45) is 0.546. The molecular weight excluding hydrogens is 197 g/mol. The van der Waals surface area contributed by atoms with Crippen molar-refractivity contribution in [3.8, 4) is 0 Å². The van der Waals surface area contributed by atoms with Gasteiger partial charge in [0.25, 0.3) is 0 Å². The lowest BCUT2D eigenvalue weighted by atomic mass is 10.3. The van der Waals surface area contributed by atoms with Crippen LogP contribution in [0.3, 0.4) is 0 Å². The number of aldehydes is 1. The smallest absolute Gasteiger partial charge is 0.237 e. The SMILES string of the molecule is O=Cc1ccc(N2CCNCC2)c(F)n1. The molecule has 1 aliphatic rings. The number of carbonyl (C=O) groups is 1. The molecular formula is C10H12FN3O. The number of hydrogen-bond donors (Lipinski definition) is 1. The molecule has 1 aliphatic heterocycles. The first-order valence-electron chi connectivity index (χ1n) is 4.88. The molecule has 5 heteroatoms. The topological polar surface area (TPSA) is 45.2 Å². The Hall–Kier alpha value is -1.49. The second-order valence-electron chi connectivity index (χ2n) is 3.40. The number of halogens is 1. The normalized spacial score (nSPS) is 16.5. The van der Waals surface area contributed by atoms with Gasteiger partial charge in [-0.3, -0.25) is 4.79 Å². The standard InChI is InChI=1S/C10H12FN3O/c11-10-9(2-1-8(7-15)13-10)14-5-3-12-4-6-14/h1-2,7,12H,3-6H2. The number of hydrogen-bond acceptors (Lipinski definition) is 4. The first-order valence-corrected chi connectivity index (χ1v) is 4.88. The van der Waals surface area contributed by atoms with Gasteiger partial charge in [-0.1, -0.05) is 0 Å². The van der Waals surface area contributed by atoms with Crippen molar-refractivity contribution in [1.29, 1.82) is 0 Å². The number of nitrogens with one attached hydrogen (secondary N) is 1. The first kappa shape index (κ1) is 10.0.